The van der Waals surface area contributed by atoms with E-state index < -0.39 is 26.6 Å². The third kappa shape index (κ3) is 5.02. The first kappa shape index (κ1) is 16.9. The molecule has 0 radical (unpaired) electrons. The van der Waals surface area contributed by atoms with E-state index >= 15 is 0 Å². The Hall–Kier alpha value is -0.180. The molecule has 0 atom stereocenters. The van der Waals surface area contributed by atoms with Gasteiger partial charge in [-0.25, -0.2) is 21.9 Å². The predicted molar refractivity (Wildman–Crippen MR) is 76.9 cm³/mol. The fourth-order valence-corrected chi connectivity index (χ4v) is 4.16. The number of thioether (sulfide) groups is 1. The minimum Gasteiger partial charge on any atom is -0.211 e. The van der Waals surface area contributed by atoms with Gasteiger partial charge in [0.1, 0.15) is 16.5 Å². The van der Waals surface area contributed by atoms with Crippen molar-refractivity contribution < 1.29 is 17.2 Å². The van der Waals surface area contributed by atoms with Crippen molar-refractivity contribution in [2.75, 3.05) is 18.6 Å². The molecule has 1 aromatic rings. The lowest BCUT2D eigenvalue weighted by Gasteiger charge is -2.09. The Morgan fingerprint density at radius 3 is 2.58 bits per heavy atom. The van der Waals surface area contributed by atoms with Crippen LogP contribution in [0.3, 0.4) is 0 Å². The predicted octanol–water partition coefficient (Wildman–Crippen LogP) is 3.15. The maximum Gasteiger partial charge on any atom is 0.244 e. The van der Waals surface area contributed by atoms with Crippen LogP contribution < -0.4 is 4.72 Å². The summed E-state index contributed by atoms with van der Waals surface area (Å²) in [5.74, 6) is -0.997. The highest BCUT2D eigenvalue weighted by Crippen LogP contribution is 2.26. The molecule has 0 amide bonds. The van der Waals surface area contributed by atoms with Gasteiger partial charge in [0, 0.05) is 17.1 Å². The summed E-state index contributed by atoms with van der Waals surface area (Å²) in [5.41, 5.74) is 0. The minimum absolute atomic E-state index is 0.124. The Bertz CT molecular complexity index is 514. The second kappa shape index (κ2) is 7.56. The van der Waals surface area contributed by atoms with Crippen LogP contribution in [0.5, 0.6) is 0 Å². The van der Waals surface area contributed by atoms with Crippen LogP contribution in [0.1, 0.15) is 12.8 Å². The van der Waals surface area contributed by atoms with Gasteiger partial charge in [-0.2, -0.15) is 11.8 Å². The molecule has 0 aromatic heterocycles. The van der Waals surface area contributed by atoms with Gasteiger partial charge in [-0.3, -0.25) is 0 Å². The van der Waals surface area contributed by atoms with Crippen LogP contribution in [-0.4, -0.2) is 27.0 Å². The molecule has 1 aromatic carbocycles. The first-order chi connectivity index (χ1) is 8.88. The van der Waals surface area contributed by atoms with Gasteiger partial charge in [-0.05, 0) is 46.8 Å². The van der Waals surface area contributed by atoms with E-state index in [0.717, 1.165) is 18.2 Å². The van der Waals surface area contributed by atoms with E-state index in [2.05, 4.69) is 20.7 Å². The second-order valence-corrected chi connectivity index (χ2v) is 7.34. The molecule has 8 heteroatoms. The van der Waals surface area contributed by atoms with E-state index in [-0.39, 0.29) is 11.0 Å². The van der Waals surface area contributed by atoms with E-state index in [1.165, 1.54) is 0 Å². The van der Waals surface area contributed by atoms with Crippen LogP contribution in [0.2, 0.25) is 0 Å². The van der Waals surface area contributed by atoms with Crippen LogP contribution in [0.4, 0.5) is 8.78 Å². The van der Waals surface area contributed by atoms with Gasteiger partial charge in [0.2, 0.25) is 10.0 Å². The molecule has 3 nitrogen and oxygen atoms in total. The number of rotatable bonds is 7. The summed E-state index contributed by atoms with van der Waals surface area (Å²) in [6.45, 7) is 0.228. The Balaban J connectivity index is 2.78. The summed E-state index contributed by atoms with van der Waals surface area (Å²) in [7, 11) is -3.97. The molecule has 0 fully saturated rings. The summed E-state index contributed by atoms with van der Waals surface area (Å²) in [6, 6.07) is 1.47. The smallest absolute Gasteiger partial charge is 0.211 e. The molecule has 1 rings (SSSR count). The number of sulfonamides is 1. The largest absolute Gasteiger partial charge is 0.244 e. The number of hydrogen-bond acceptors (Lipinski definition) is 3. The SMILES string of the molecule is CSCCCCNS(=O)(=O)c1c(F)cc(F)cc1Br. The first-order valence-corrected chi connectivity index (χ1v) is 9.18. The molecule has 0 aliphatic heterocycles. The van der Waals surface area contributed by atoms with Gasteiger partial charge in [-0.1, -0.05) is 0 Å². The molecule has 19 heavy (non-hydrogen) atoms. The summed E-state index contributed by atoms with van der Waals surface area (Å²) in [5, 5.41) is 0. The highest BCUT2D eigenvalue weighted by molar-refractivity contribution is 9.10. The standard InChI is InChI=1S/C11H14BrF2NO2S2/c1-18-5-3-2-4-15-19(16,17)11-9(12)6-8(13)7-10(11)14/h6-7,15H,2-5H2,1H3. The van der Waals surface area contributed by atoms with Gasteiger partial charge in [0.05, 0.1) is 0 Å². The second-order valence-electron chi connectivity index (χ2n) is 3.80. The number of hydrogen-bond donors (Lipinski definition) is 1. The zero-order chi connectivity index (χ0) is 14.5. The number of halogens is 3. The quantitative estimate of drug-likeness (QED) is 0.746. The van der Waals surface area contributed by atoms with Crippen molar-refractivity contribution in [3.05, 3.63) is 28.2 Å². The van der Waals surface area contributed by atoms with Crippen molar-refractivity contribution in [3.8, 4) is 0 Å². The summed E-state index contributed by atoms with van der Waals surface area (Å²) >= 11 is 4.54. The maximum atomic E-state index is 13.5. The monoisotopic (exact) mass is 373 g/mol. The molecular weight excluding hydrogens is 360 g/mol. The van der Waals surface area contributed by atoms with E-state index in [4.69, 9.17) is 0 Å². The van der Waals surface area contributed by atoms with Gasteiger partial charge in [-0.15, -0.1) is 0 Å². The summed E-state index contributed by atoms with van der Waals surface area (Å²) in [4.78, 5) is -0.557. The van der Waals surface area contributed by atoms with Crippen LogP contribution in [0.25, 0.3) is 0 Å². The Labute approximate surface area is 124 Å². The lowest BCUT2D eigenvalue weighted by atomic mass is 10.3. The molecule has 0 aliphatic rings. The molecule has 0 bridgehead atoms. The molecular formula is C11H14BrF2NO2S2. The van der Waals surface area contributed by atoms with Gasteiger partial charge >= 0.3 is 0 Å². The third-order valence-corrected chi connectivity index (χ3v) is 5.42. The van der Waals surface area contributed by atoms with E-state index in [0.29, 0.717) is 12.5 Å². The molecule has 0 unspecified atom stereocenters. The lowest BCUT2D eigenvalue weighted by molar-refractivity contribution is 0.539. The van der Waals surface area contributed by atoms with Crippen molar-refractivity contribution in [1.82, 2.24) is 4.72 Å². The molecule has 0 heterocycles. The van der Waals surface area contributed by atoms with E-state index in [9.17, 15) is 17.2 Å². The lowest BCUT2D eigenvalue weighted by Crippen LogP contribution is -2.26. The van der Waals surface area contributed by atoms with E-state index in [1.54, 1.807) is 11.8 Å². The van der Waals surface area contributed by atoms with Crippen LogP contribution in [-0.2, 0) is 10.0 Å². The van der Waals surface area contributed by atoms with Crippen molar-refractivity contribution in [2.24, 2.45) is 0 Å². The first-order valence-electron chi connectivity index (χ1n) is 5.51. The number of nitrogens with one attached hydrogen (secondary N) is 1. The highest BCUT2D eigenvalue weighted by Gasteiger charge is 2.23. The van der Waals surface area contributed by atoms with Gasteiger partial charge < -0.3 is 0 Å². The fourth-order valence-electron chi connectivity index (χ4n) is 1.44. The molecule has 0 saturated heterocycles. The minimum atomic E-state index is -3.97. The number of benzene rings is 1. The average molecular weight is 374 g/mol. The fraction of sp³-hybridized carbons (Fsp3) is 0.455. The maximum absolute atomic E-state index is 13.5. The Morgan fingerprint density at radius 2 is 2.00 bits per heavy atom. The van der Waals surface area contributed by atoms with Gasteiger partial charge in [0.25, 0.3) is 0 Å². The molecule has 1 N–H and O–H groups in total. The van der Waals surface area contributed by atoms with Crippen molar-refractivity contribution >= 4 is 37.7 Å². The van der Waals surface area contributed by atoms with Gasteiger partial charge in [0.15, 0.2) is 0 Å². The Kier molecular flexibility index (Phi) is 6.72. The molecule has 0 spiro atoms. The third-order valence-electron chi connectivity index (χ3n) is 2.30. The Morgan fingerprint density at radius 1 is 1.32 bits per heavy atom. The van der Waals surface area contributed by atoms with Crippen LogP contribution in [0, 0.1) is 11.6 Å². The van der Waals surface area contributed by atoms with Crippen LogP contribution in [0.15, 0.2) is 21.5 Å². The summed E-state index contributed by atoms with van der Waals surface area (Å²) in [6.07, 6.45) is 3.51. The molecule has 0 aliphatic carbocycles. The summed E-state index contributed by atoms with van der Waals surface area (Å²) < 4.78 is 52.4. The van der Waals surface area contributed by atoms with E-state index in [1.807, 2.05) is 6.26 Å². The zero-order valence-corrected chi connectivity index (χ0v) is 13.5. The molecule has 0 saturated carbocycles. The number of unbranched alkanes of at least 4 members (excludes halogenated alkanes) is 1. The topological polar surface area (TPSA) is 46.2 Å². The van der Waals surface area contributed by atoms with Crippen LogP contribution >= 0.6 is 27.7 Å². The van der Waals surface area contributed by atoms with Crippen molar-refractivity contribution in [2.45, 2.75) is 17.7 Å². The van der Waals surface area contributed by atoms with Crippen molar-refractivity contribution in [3.63, 3.8) is 0 Å². The highest BCUT2D eigenvalue weighted by atomic mass is 79.9. The average Bonchev–Trinajstić information content (AvgIpc) is 2.26. The normalized spacial score (nSPS) is 11.8. The zero-order valence-electron chi connectivity index (χ0n) is 10.3. The molecule has 108 valence electrons. The van der Waals surface area contributed by atoms with Crippen molar-refractivity contribution in [1.29, 1.82) is 0 Å².